The molecule has 0 saturated heterocycles. The molecule has 0 spiro atoms. The minimum absolute atomic E-state index is 0. The molecule has 4 aromatic rings. The first-order valence-electron chi connectivity index (χ1n) is 18.3. The second-order valence-electron chi connectivity index (χ2n) is 13.7. The van der Waals surface area contributed by atoms with Crippen LogP contribution in [-0.2, 0) is 59.7 Å². The van der Waals surface area contributed by atoms with Gasteiger partial charge >= 0.3 is 124 Å². The van der Waals surface area contributed by atoms with Crippen LogP contribution in [0.1, 0.15) is 38.5 Å². The molecule has 0 unspecified atom stereocenters. The van der Waals surface area contributed by atoms with Gasteiger partial charge in [0.2, 0.25) is 5.91 Å². The average molecular weight is 1050 g/mol. The molecule has 67 heavy (non-hydrogen) atoms. The van der Waals surface area contributed by atoms with Crippen LogP contribution in [0.15, 0.2) is 80.2 Å². The summed E-state index contributed by atoms with van der Waals surface area (Å²) in [4.78, 5) is 46.7. The summed E-state index contributed by atoms with van der Waals surface area (Å²) in [6, 6.07) is 6.67. The van der Waals surface area contributed by atoms with Crippen LogP contribution < -0.4 is 149 Å². The Kier molecular flexibility index (Phi) is 27.9. The maximum absolute atomic E-state index is 13.2. The minimum Gasteiger partial charge on any atom is -0.744 e. The van der Waals surface area contributed by atoms with Gasteiger partial charge in [0, 0.05) is 23.9 Å². The zero-order valence-corrected chi connectivity index (χ0v) is 47.8. The molecule has 4 rings (SSSR count). The summed E-state index contributed by atoms with van der Waals surface area (Å²) in [7, 11) is -20.2. The number of hydrogen-bond donors (Lipinski definition) is 5. The number of aliphatic carboxylic acids is 1. The summed E-state index contributed by atoms with van der Waals surface area (Å²) < 4.78 is 151. The van der Waals surface area contributed by atoms with Crippen LogP contribution in [0.2, 0.25) is 0 Å². The van der Waals surface area contributed by atoms with Crippen LogP contribution in [0, 0.1) is 0 Å². The Balaban J connectivity index is 0.0000109. The fourth-order valence-corrected chi connectivity index (χ4v) is 7.96. The van der Waals surface area contributed by atoms with Crippen molar-refractivity contribution in [1.82, 2.24) is 16.0 Å². The van der Waals surface area contributed by atoms with Crippen LogP contribution in [0.25, 0.3) is 21.5 Å². The first-order chi connectivity index (χ1) is 29.2. The molecule has 31 heteroatoms. The Hall–Kier alpha value is -1.52. The van der Waals surface area contributed by atoms with E-state index in [2.05, 4.69) is 16.0 Å². The summed E-state index contributed by atoms with van der Waals surface area (Å²) in [5.41, 5.74) is 5.50. The standard InChI is InChI=1S/C36H42N4O19S4.4Na/c37-29(36(44)45)5-1-3-12-39-35(43)30(40-34(42)20-59-32-18-26(63(55,56)57)16-22-14-24(61(49,50)51)8-10-28(22)32)6-2-4-11-38-33(41)19-58-31-17-25(62(52,53)54)15-21-13-23(60(46,47)48)7-9-27(21)31;;;;/h7-10,13-18,29-30H,1-6,11-12,19-20,37H2,(H,38,41)(H,39,43)(H,40,42)(H,44,45)(H,46,47,48)(H,49,50,51)(H,52,53,54)(H,55,56,57);;;;/q;4*+1/p-4/t29-,30-;;;;/m0..../s1. The Morgan fingerprint density at radius 1 is 0.552 bits per heavy atom. The van der Waals surface area contributed by atoms with Crippen molar-refractivity contribution in [3.63, 3.8) is 0 Å². The molecular formula is C36H38N4Na4O19S4. The van der Waals surface area contributed by atoms with Gasteiger partial charge in [0.15, 0.2) is 13.2 Å². The average Bonchev–Trinajstić information content (AvgIpc) is 3.18. The van der Waals surface area contributed by atoms with E-state index in [1.165, 1.54) is 0 Å². The second-order valence-corrected chi connectivity index (χ2v) is 19.2. The summed E-state index contributed by atoms with van der Waals surface area (Å²) in [5.74, 6) is -4.15. The molecular weight excluding hydrogens is 1010 g/mol. The molecule has 0 aliphatic heterocycles. The van der Waals surface area contributed by atoms with Crippen LogP contribution in [0.3, 0.4) is 0 Å². The van der Waals surface area contributed by atoms with E-state index < -0.39 is 109 Å². The van der Waals surface area contributed by atoms with E-state index in [9.17, 15) is 71.1 Å². The second kappa shape index (κ2) is 28.5. The normalized spacial score (nSPS) is 12.4. The molecule has 3 amide bonds. The van der Waals surface area contributed by atoms with Crippen LogP contribution in [0.5, 0.6) is 11.5 Å². The molecule has 0 bridgehead atoms. The van der Waals surface area contributed by atoms with Crippen molar-refractivity contribution in [3.8, 4) is 11.5 Å². The summed E-state index contributed by atoms with van der Waals surface area (Å²) in [6.45, 7) is -1.52. The number of nitrogens with two attached hydrogens (primary N) is 1. The molecule has 0 aliphatic rings. The van der Waals surface area contributed by atoms with Gasteiger partial charge in [-0.2, -0.15) is 0 Å². The first kappa shape index (κ1) is 65.5. The topological polar surface area (TPSA) is 398 Å². The number of nitrogens with one attached hydrogen (secondary N) is 3. The molecule has 0 saturated carbocycles. The Morgan fingerprint density at radius 2 is 0.940 bits per heavy atom. The quantitative estimate of drug-likeness (QED) is 0.0262. The van der Waals surface area contributed by atoms with E-state index in [-0.39, 0.29) is 190 Å². The van der Waals surface area contributed by atoms with Crippen molar-refractivity contribution in [2.75, 3.05) is 26.3 Å². The smallest absolute Gasteiger partial charge is 0.744 e. The Labute approximate surface area is 474 Å². The van der Waals surface area contributed by atoms with Crippen LogP contribution in [0.4, 0.5) is 0 Å². The molecule has 0 fully saturated rings. The van der Waals surface area contributed by atoms with E-state index in [1.54, 1.807) is 0 Å². The van der Waals surface area contributed by atoms with Crippen molar-refractivity contribution in [2.24, 2.45) is 5.73 Å². The third-order valence-corrected chi connectivity index (χ3v) is 12.3. The van der Waals surface area contributed by atoms with Gasteiger partial charge in [0.05, 0.1) is 19.6 Å². The van der Waals surface area contributed by atoms with E-state index in [1.807, 2.05) is 0 Å². The van der Waals surface area contributed by atoms with Crippen molar-refractivity contribution in [1.29, 1.82) is 0 Å². The van der Waals surface area contributed by atoms with Gasteiger partial charge in [-0.3, -0.25) is 19.2 Å². The van der Waals surface area contributed by atoms with Gasteiger partial charge in [-0.1, -0.05) is 0 Å². The molecule has 0 heterocycles. The maximum Gasteiger partial charge on any atom is 1.00 e. The first-order valence-corrected chi connectivity index (χ1v) is 23.9. The predicted octanol–water partition coefficient (Wildman–Crippen LogP) is -12.4. The molecule has 0 aromatic heterocycles. The number of unbranched alkanes of at least 4 members (excludes halogenated alkanes) is 2. The van der Waals surface area contributed by atoms with Crippen LogP contribution >= 0.6 is 0 Å². The molecule has 0 aliphatic carbocycles. The number of carbonyl (C=O) groups excluding carboxylic acids is 3. The van der Waals surface area contributed by atoms with Gasteiger partial charge in [-0.05, 0) is 110 Å². The molecule has 4 aromatic carbocycles. The molecule has 2 atom stereocenters. The number of benzene rings is 4. The minimum atomic E-state index is -5.15. The number of carbonyl (C=O) groups is 4. The van der Waals surface area contributed by atoms with Gasteiger partial charge in [-0.15, -0.1) is 0 Å². The molecule has 0 radical (unpaired) electrons. The Bertz CT molecular complexity index is 2870. The third kappa shape index (κ3) is 20.6. The molecule has 23 nitrogen and oxygen atoms in total. The van der Waals surface area contributed by atoms with Gasteiger partial charge < -0.3 is 54.5 Å². The number of rotatable bonds is 23. The molecule has 344 valence electrons. The summed E-state index contributed by atoms with van der Waals surface area (Å²) >= 11 is 0. The van der Waals surface area contributed by atoms with E-state index >= 15 is 0 Å². The van der Waals surface area contributed by atoms with E-state index in [0.29, 0.717) is 12.8 Å². The van der Waals surface area contributed by atoms with Crippen molar-refractivity contribution < 1.29 is 204 Å². The predicted molar refractivity (Wildman–Crippen MR) is 212 cm³/mol. The van der Waals surface area contributed by atoms with Crippen molar-refractivity contribution >= 4 is 85.7 Å². The zero-order valence-electron chi connectivity index (χ0n) is 36.5. The number of carboxylic acid groups (broad SMARTS) is 1. The number of fused-ring (bicyclic) bond motifs is 2. The van der Waals surface area contributed by atoms with Gasteiger partial charge in [-0.25, -0.2) is 33.7 Å². The fourth-order valence-electron chi connectivity index (χ4n) is 5.90. The van der Waals surface area contributed by atoms with Crippen molar-refractivity contribution in [2.45, 2.75) is 70.2 Å². The van der Waals surface area contributed by atoms with Gasteiger partial charge in [0.25, 0.3) is 11.8 Å². The number of ether oxygens (including phenoxy) is 2. The fraction of sp³-hybridized carbons (Fsp3) is 0.333. The molecule has 6 N–H and O–H groups in total. The third-order valence-electron chi connectivity index (χ3n) is 9.04. The monoisotopic (exact) mass is 1050 g/mol. The summed E-state index contributed by atoms with van der Waals surface area (Å²) in [6.07, 6.45) is 1.14. The van der Waals surface area contributed by atoms with E-state index in [4.69, 9.17) is 20.3 Å². The summed E-state index contributed by atoms with van der Waals surface area (Å²) in [5, 5.41) is 16.3. The number of hydrogen-bond acceptors (Lipinski definition) is 19. The Morgan fingerprint density at radius 3 is 1.36 bits per heavy atom. The van der Waals surface area contributed by atoms with E-state index in [0.717, 1.165) is 60.7 Å². The zero-order chi connectivity index (χ0) is 46.9. The number of carboxylic acids is 1. The van der Waals surface area contributed by atoms with Crippen molar-refractivity contribution in [3.05, 3.63) is 60.7 Å². The number of amides is 3. The largest absolute Gasteiger partial charge is 1.00 e. The SMILES string of the molecule is N[C@@H](CCCCNC(=O)[C@H](CCCCNC(=O)COc1cc(S(=O)(=O)[O-])cc2cc(S(=O)(=O)[O-])ccc12)NC(=O)COc1cc(S(=O)(=O)[O-])cc2cc(S(=O)(=O)[O-])ccc12)C(=O)O.[Na+].[Na+].[Na+].[Na+]. The maximum atomic E-state index is 13.2. The van der Waals surface area contributed by atoms with Gasteiger partial charge in [0.1, 0.15) is 64.1 Å². The van der Waals surface area contributed by atoms with Crippen LogP contribution in [-0.4, -0.2) is 119 Å².